The second kappa shape index (κ2) is 7.05. The van der Waals surface area contributed by atoms with E-state index >= 15 is 0 Å². The summed E-state index contributed by atoms with van der Waals surface area (Å²) in [6.07, 6.45) is 4.01. The number of hydrogen-bond acceptors (Lipinski definition) is 5. The molecule has 0 bridgehead atoms. The SMILES string of the molecule is CC(C)(O)CCc1cccc(C(=O)N2CC[C@H]3OCc4cnnn4[C@@H]3C2)c1. The molecule has 1 amide bonds. The van der Waals surface area contributed by atoms with Crippen molar-refractivity contribution in [2.24, 2.45) is 0 Å². The van der Waals surface area contributed by atoms with Crippen LogP contribution in [0, 0.1) is 0 Å². The smallest absolute Gasteiger partial charge is 0.253 e. The molecule has 3 heterocycles. The number of ether oxygens (including phenoxy) is 1. The zero-order chi connectivity index (χ0) is 19.0. The summed E-state index contributed by atoms with van der Waals surface area (Å²) in [6, 6.07) is 7.75. The van der Waals surface area contributed by atoms with Gasteiger partial charge < -0.3 is 14.7 Å². The third kappa shape index (κ3) is 3.89. The van der Waals surface area contributed by atoms with Crippen molar-refractivity contribution in [2.45, 2.75) is 57.5 Å². The van der Waals surface area contributed by atoms with Crippen molar-refractivity contribution in [2.75, 3.05) is 13.1 Å². The summed E-state index contributed by atoms with van der Waals surface area (Å²) in [5.41, 5.74) is 2.01. The lowest BCUT2D eigenvalue weighted by atomic mass is 9.97. The molecule has 0 radical (unpaired) electrons. The van der Waals surface area contributed by atoms with E-state index in [-0.39, 0.29) is 18.1 Å². The molecule has 1 aromatic heterocycles. The van der Waals surface area contributed by atoms with Crippen molar-refractivity contribution in [1.82, 2.24) is 19.9 Å². The van der Waals surface area contributed by atoms with Crippen LogP contribution in [-0.4, -0.2) is 55.7 Å². The molecular formula is C20H26N4O3. The molecule has 2 aliphatic heterocycles. The van der Waals surface area contributed by atoms with E-state index in [4.69, 9.17) is 4.74 Å². The van der Waals surface area contributed by atoms with Gasteiger partial charge in [0.15, 0.2) is 0 Å². The molecule has 7 nitrogen and oxygen atoms in total. The highest BCUT2D eigenvalue weighted by Gasteiger charge is 2.38. The van der Waals surface area contributed by atoms with Crippen molar-refractivity contribution < 1.29 is 14.6 Å². The van der Waals surface area contributed by atoms with Crippen LogP contribution < -0.4 is 0 Å². The number of benzene rings is 1. The van der Waals surface area contributed by atoms with Crippen LogP contribution in [0.3, 0.4) is 0 Å². The molecule has 2 aromatic rings. The highest BCUT2D eigenvalue weighted by atomic mass is 16.5. The highest BCUT2D eigenvalue weighted by molar-refractivity contribution is 5.94. The molecule has 1 N–H and O–H groups in total. The van der Waals surface area contributed by atoms with Gasteiger partial charge >= 0.3 is 0 Å². The number of aliphatic hydroxyl groups is 1. The van der Waals surface area contributed by atoms with Crippen LogP contribution in [0.25, 0.3) is 0 Å². The van der Waals surface area contributed by atoms with Crippen molar-refractivity contribution in [1.29, 1.82) is 0 Å². The molecular weight excluding hydrogens is 344 g/mol. The van der Waals surface area contributed by atoms with Crippen LogP contribution in [0.2, 0.25) is 0 Å². The number of aromatic nitrogens is 3. The fourth-order valence-electron chi connectivity index (χ4n) is 3.86. The minimum atomic E-state index is -0.710. The number of rotatable bonds is 4. The Labute approximate surface area is 158 Å². The molecule has 0 aliphatic carbocycles. The Morgan fingerprint density at radius 1 is 1.41 bits per heavy atom. The number of piperidine rings is 1. The largest absolute Gasteiger partial charge is 0.390 e. The van der Waals surface area contributed by atoms with Crippen molar-refractivity contribution >= 4 is 5.91 Å². The van der Waals surface area contributed by atoms with Gasteiger partial charge in [0.05, 0.1) is 36.2 Å². The van der Waals surface area contributed by atoms with E-state index in [1.165, 1.54) is 0 Å². The van der Waals surface area contributed by atoms with Crippen LogP contribution in [0.5, 0.6) is 0 Å². The number of carbonyl (C=O) groups is 1. The lowest BCUT2D eigenvalue weighted by molar-refractivity contribution is -0.0605. The van der Waals surface area contributed by atoms with Crippen LogP contribution in [0.15, 0.2) is 30.5 Å². The van der Waals surface area contributed by atoms with E-state index in [0.29, 0.717) is 31.7 Å². The van der Waals surface area contributed by atoms with Gasteiger partial charge in [-0.1, -0.05) is 17.3 Å². The molecule has 4 rings (SSSR count). The summed E-state index contributed by atoms with van der Waals surface area (Å²) in [4.78, 5) is 15.0. The van der Waals surface area contributed by atoms with Gasteiger partial charge in [0.25, 0.3) is 5.91 Å². The summed E-state index contributed by atoms with van der Waals surface area (Å²) in [6.45, 7) is 5.39. The molecule has 1 fully saturated rings. The Morgan fingerprint density at radius 2 is 2.26 bits per heavy atom. The van der Waals surface area contributed by atoms with E-state index in [0.717, 1.165) is 24.1 Å². The number of likely N-dealkylation sites (tertiary alicyclic amines) is 1. The molecule has 0 unspecified atom stereocenters. The van der Waals surface area contributed by atoms with E-state index in [1.54, 1.807) is 20.0 Å². The second-order valence-electron chi connectivity index (χ2n) is 8.14. The van der Waals surface area contributed by atoms with Crippen molar-refractivity contribution in [3.63, 3.8) is 0 Å². The molecule has 1 saturated heterocycles. The molecule has 2 aliphatic rings. The van der Waals surface area contributed by atoms with Gasteiger partial charge in [0.1, 0.15) is 0 Å². The summed E-state index contributed by atoms with van der Waals surface area (Å²) in [7, 11) is 0. The Morgan fingerprint density at radius 3 is 3.07 bits per heavy atom. The van der Waals surface area contributed by atoms with Crippen molar-refractivity contribution in [3.8, 4) is 0 Å². The van der Waals surface area contributed by atoms with Gasteiger partial charge in [0, 0.05) is 18.7 Å². The summed E-state index contributed by atoms with van der Waals surface area (Å²) in [5, 5.41) is 18.1. The lowest BCUT2D eigenvalue weighted by Gasteiger charge is -2.41. The Bertz CT molecular complexity index is 827. The Kier molecular flexibility index (Phi) is 4.74. The third-order valence-corrected chi connectivity index (χ3v) is 5.42. The van der Waals surface area contributed by atoms with Crippen LogP contribution in [0.1, 0.15) is 54.3 Å². The van der Waals surface area contributed by atoms with Gasteiger partial charge in [-0.05, 0) is 50.8 Å². The average molecular weight is 370 g/mol. The number of nitrogens with zero attached hydrogens (tertiary/aromatic N) is 4. The van der Waals surface area contributed by atoms with E-state index in [9.17, 15) is 9.90 Å². The Hall–Kier alpha value is -2.25. The molecule has 144 valence electrons. The molecule has 0 saturated carbocycles. The van der Waals surface area contributed by atoms with Crippen LogP contribution >= 0.6 is 0 Å². The van der Waals surface area contributed by atoms with E-state index < -0.39 is 5.60 Å². The number of aryl methyl sites for hydroxylation is 1. The maximum absolute atomic E-state index is 13.1. The zero-order valence-electron chi connectivity index (χ0n) is 15.8. The summed E-state index contributed by atoms with van der Waals surface area (Å²) >= 11 is 0. The fourth-order valence-corrected chi connectivity index (χ4v) is 3.86. The highest BCUT2D eigenvalue weighted by Crippen LogP contribution is 2.30. The zero-order valence-corrected chi connectivity index (χ0v) is 15.8. The molecule has 0 spiro atoms. The monoisotopic (exact) mass is 370 g/mol. The summed E-state index contributed by atoms with van der Waals surface area (Å²) < 4.78 is 7.83. The van der Waals surface area contributed by atoms with E-state index in [2.05, 4.69) is 10.3 Å². The first kappa shape index (κ1) is 18.1. The van der Waals surface area contributed by atoms with Gasteiger partial charge in [-0.15, -0.1) is 5.10 Å². The minimum absolute atomic E-state index is 0.0207. The fraction of sp³-hybridized carbons (Fsp3) is 0.550. The van der Waals surface area contributed by atoms with Crippen molar-refractivity contribution in [3.05, 3.63) is 47.3 Å². The number of hydrogen-bond donors (Lipinski definition) is 1. The quantitative estimate of drug-likeness (QED) is 0.890. The lowest BCUT2D eigenvalue weighted by Crippen LogP contribution is -2.49. The topological polar surface area (TPSA) is 80.5 Å². The maximum Gasteiger partial charge on any atom is 0.253 e. The molecule has 1 aromatic carbocycles. The predicted octanol–water partition coefficient (Wildman–Crippen LogP) is 1.97. The normalized spacial score (nSPS) is 22.3. The van der Waals surface area contributed by atoms with Gasteiger partial charge in [-0.3, -0.25) is 4.79 Å². The average Bonchev–Trinajstić information content (AvgIpc) is 3.14. The molecule has 2 atom stereocenters. The van der Waals surface area contributed by atoms with Crippen LogP contribution in [-0.2, 0) is 17.8 Å². The molecule has 27 heavy (non-hydrogen) atoms. The third-order valence-electron chi connectivity index (χ3n) is 5.42. The standard InChI is InChI=1S/C20H26N4O3/c1-20(2,26)8-6-14-4-3-5-15(10-14)19(25)23-9-7-18-17(12-23)24-16(13-27-18)11-21-22-24/h3-5,10-11,17-18,26H,6-9,12-13H2,1-2H3/t17-,18-/m1/s1. The molecule has 7 heteroatoms. The number of amides is 1. The van der Waals surface area contributed by atoms with Gasteiger partial charge in [0.2, 0.25) is 0 Å². The summed E-state index contributed by atoms with van der Waals surface area (Å²) in [5.74, 6) is 0.0331. The Balaban J connectivity index is 1.48. The first-order valence-electron chi connectivity index (χ1n) is 9.52. The first-order valence-corrected chi connectivity index (χ1v) is 9.52. The van der Waals surface area contributed by atoms with Gasteiger partial charge in [-0.2, -0.15) is 0 Å². The van der Waals surface area contributed by atoms with Gasteiger partial charge in [-0.25, -0.2) is 4.68 Å². The van der Waals surface area contributed by atoms with E-state index in [1.807, 2.05) is 33.8 Å². The minimum Gasteiger partial charge on any atom is -0.390 e. The number of fused-ring (bicyclic) bond motifs is 3. The second-order valence-corrected chi connectivity index (χ2v) is 8.14. The maximum atomic E-state index is 13.1. The predicted molar refractivity (Wildman–Crippen MR) is 99.2 cm³/mol. The number of carbonyl (C=O) groups excluding carboxylic acids is 1. The van der Waals surface area contributed by atoms with Crippen LogP contribution in [0.4, 0.5) is 0 Å². The first-order chi connectivity index (χ1) is 12.9.